The highest BCUT2D eigenvalue weighted by atomic mass is 19.4. The Morgan fingerprint density at radius 2 is 1.68 bits per heavy atom. The fourth-order valence-electron chi connectivity index (χ4n) is 3.23. The van der Waals surface area contributed by atoms with Crippen molar-refractivity contribution in [3.05, 3.63) is 70.8 Å². The third-order valence-corrected chi connectivity index (χ3v) is 4.43. The number of hydrogen-bond acceptors (Lipinski definition) is 2. The lowest BCUT2D eigenvalue weighted by atomic mass is 9.80. The molecular formula is C18H14F3NO3. The van der Waals surface area contributed by atoms with Crippen LogP contribution in [0.3, 0.4) is 0 Å². The highest BCUT2D eigenvalue weighted by Crippen LogP contribution is 2.42. The minimum Gasteiger partial charge on any atom is -0.481 e. The second-order valence-electron chi connectivity index (χ2n) is 5.88. The lowest BCUT2D eigenvalue weighted by molar-refractivity contribution is -0.141. The first-order valence-corrected chi connectivity index (χ1v) is 7.48. The molecule has 4 nitrogen and oxygen atoms in total. The van der Waals surface area contributed by atoms with Gasteiger partial charge in [-0.1, -0.05) is 30.3 Å². The SMILES string of the molecule is CN1C(=O)c2ccccc2[C@H](C(=O)O)[C@H]1c1ccc(C(F)(F)F)cc1. The van der Waals surface area contributed by atoms with Crippen LogP contribution in [0.2, 0.25) is 0 Å². The van der Waals surface area contributed by atoms with Crippen molar-refractivity contribution in [2.75, 3.05) is 7.05 Å². The summed E-state index contributed by atoms with van der Waals surface area (Å²) < 4.78 is 38.2. The van der Waals surface area contributed by atoms with Gasteiger partial charge in [-0.3, -0.25) is 9.59 Å². The molecule has 0 aliphatic carbocycles. The Hall–Kier alpha value is -2.83. The minimum atomic E-state index is -4.48. The third kappa shape index (κ3) is 2.86. The summed E-state index contributed by atoms with van der Waals surface area (Å²) in [6, 6.07) is 9.74. The number of benzene rings is 2. The Labute approximate surface area is 141 Å². The lowest BCUT2D eigenvalue weighted by Gasteiger charge is -2.38. The number of carbonyl (C=O) groups excluding carboxylic acids is 1. The fraction of sp³-hybridized carbons (Fsp3) is 0.222. The Morgan fingerprint density at radius 3 is 2.24 bits per heavy atom. The highest BCUT2D eigenvalue weighted by molar-refractivity contribution is 6.00. The van der Waals surface area contributed by atoms with Gasteiger partial charge in [-0.25, -0.2) is 0 Å². The Bertz CT molecular complexity index is 830. The number of aliphatic carboxylic acids is 1. The largest absolute Gasteiger partial charge is 0.481 e. The quantitative estimate of drug-likeness (QED) is 0.899. The molecule has 1 heterocycles. The predicted octanol–water partition coefficient (Wildman–Crippen LogP) is 3.70. The van der Waals surface area contributed by atoms with E-state index in [1.807, 2.05) is 0 Å². The van der Waals surface area contributed by atoms with E-state index in [9.17, 15) is 27.9 Å². The topological polar surface area (TPSA) is 57.6 Å². The van der Waals surface area contributed by atoms with E-state index in [-0.39, 0.29) is 5.91 Å². The van der Waals surface area contributed by atoms with E-state index in [0.29, 0.717) is 16.7 Å². The first-order chi connectivity index (χ1) is 11.7. The van der Waals surface area contributed by atoms with Crippen LogP contribution in [-0.2, 0) is 11.0 Å². The Morgan fingerprint density at radius 1 is 1.08 bits per heavy atom. The number of carboxylic acid groups (broad SMARTS) is 1. The summed E-state index contributed by atoms with van der Waals surface area (Å²) in [7, 11) is 1.45. The maximum atomic E-state index is 12.7. The number of amides is 1. The van der Waals surface area contributed by atoms with Crippen molar-refractivity contribution >= 4 is 11.9 Å². The molecular weight excluding hydrogens is 335 g/mol. The molecule has 130 valence electrons. The van der Waals surface area contributed by atoms with Gasteiger partial charge in [0.2, 0.25) is 0 Å². The second kappa shape index (κ2) is 5.91. The van der Waals surface area contributed by atoms with Gasteiger partial charge in [0.05, 0.1) is 11.6 Å². The van der Waals surface area contributed by atoms with Crippen LogP contribution >= 0.6 is 0 Å². The van der Waals surface area contributed by atoms with Crippen molar-refractivity contribution in [3.63, 3.8) is 0 Å². The number of carbonyl (C=O) groups is 2. The van der Waals surface area contributed by atoms with Gasteiger partial charge in [-0.05, 0) is 29.3 Å². The van der Waals surface area contributed by atoms with Gasteiger partial charge in [0, 0.05) is 12.6 Å². The summed E-state index contributed by atoms with van der Waals surface area (Å²) >= 11 is 0. The molecule has 0 unspecified atom stereocenters. The normalized spacial score (nSPS) is 20.3. The molecule has 2 atom stereocenters. The van der Waals surface area contributed by atoms with Gasteiger partial charge in [0.1, 0.15) is 5.92 Å². The lowest BCUT2D eigenvalue weighted by Crippen LogP contribution is -2.42. The van der Waals surface area contributed by atoms with Crippen molar-refractivity contribution in [3.8, 4) is 0 Å². The predicted molar refractivity (Wildman–Crippen MR) is 83.1 cm³/mol. The average Bonchev–Trinajstić information content (AvgIpc) is 2.57. The molecule has 2 aromatic carbocycles. The molecule has 7 heteroatoms. The fourth-order valence-corrected chi connectivity index (χ4v) is 3.23. The van der Waals surface area contributed by atoms with Crippen LogP contribution < -0.4 is 0 Å². The molecule has 1 N–H and O–H groups in total. The van der Waals surface area contributed by atoms with Crippen LogP contribution in [0.5, 0.6) is 0 Å². The van der Waals surface area contributed by atoms with E-state index in [1.54, 1.807) is 24.3 Å². The summed E-state index contributed by atoms with van der Waals surface area (Å²) in [6.07, 6.45) is -4.48. The molecule has 0 aromatic heterocycles. The summed E-state index contributed by atoms with van der Waals surface area (Å²) in [5.74, 6) is -2.56. The van der Waals surface area contributed by atoms with Crippen LogP contribution in [0, 0.1) is 0 Å². The Balaban J connectivity index is 2.11. The third-order valence-electron chi connectivity index (χ3n) is 4.43. The molecule has 1 aliphatic rings. The van der Waals surface area contributed by atoms with Crippen LogP contribution in [0.1, 0.15) is 39.0 Å². The van der Waals surface area contributed by atoms with Crippen LogP contribution in [0.4, 0.5) is 13.2 Å². The van der Waals surface area contributed by atoms with E-state index in [0.717, 1.165) is 12.1 Å². The molecule has 0 spiro atoms. The van der Waals surface area contributed by atoms with Crippen LogP contribution in [-0.4, -0.2) is 28.9 Å². The summed E-state index contributed by atoms with van der Waals surface area (Å²) in [5.41, 5.74) is 0.169. The highest BCUT2D eigenvalue weighted by Gasteiger charge is 2.42. The zero-order valence-corrected chi connectivity index (χ0v) is 13.1. The number of fused-ring (bicyclic) bond motifs is 1. The number of halogens is 3. The van der Waals surface area contributed by atoms with E-state index in [2.05, 4.69) is 0 Å². The van der Waals surface area contributed by atoms with E-state index < -0.39 is 29.7 Å². The van der Waals surface area contributed by atoms with Crippen molar-refractivity contribution in [1.82, 2.24) is 4.90 Å². The minimum absolute atomic E-state index is 0.292. The van der Waals surface area contributed by atoms with Gasteiger partial charge in [0.15, 0.2) is 0 Å². The van der Waals surface area contributed by atoms with Crippen molar-refractivity contribution in [1.29, 1.82) is 0 Å². The number of carboxylic acids is 1. The molecule has 2 aromatic rings. The maximum Gasteiger partial charge on any atom is 0.416 e. The monoisotopic (exact) mass is 349 g/mol. The number of alkyl halides is 3. The number of likely N-dealkylation sites (N-methyl/N-ethyl adjacent to an activating group) is 1. The summed E-state index contributed by atoms with van der Waals surface area (Å²) in [4.78, 5) is 25.7. The first kappa shape index (κ1) is 17.0. The van der Waals surface area contributed by atoms with Gasteiger partial charge >= 0.3 is 12.1 Å². The molecule has 0 saturated heterocycles. The van der Waals surface area contributed by atoms with E-state index in [1.165, 1.54) is 24.1 Å². The molecule has 0 fully saturated rings. The van der Waals surface area contributed by atoms with Crippen molar-refractivity contribution in [2.24, 2.45) is 0 Å². The van der Waals surface area contributed by atoms with Gasteiger partial charge < -0.3 is 10.0 Å². The molecule has 1 aliphatic heterocycles. The number of hydrogen-bond donors (Lipinski definition) is 1. The number of rotatable bonds is 2. The van der Waals surface area contributed by atoms with E-state index in [4.69, 9.17) is 0 Å². The second-order valence-corrected chi connectivity index (χ2v) is 5.88. The Kier molecular flexibility index (Phi) is 4.02. The number of nitrogens with zero attached hydrogens (tertiary/aromatic N) is 1. The molecule has 25 heavy (non-hydrogen) atoms. The maximum absolute atomic E-state index is 12.7. The zero-order valence-electron chi connectivity index (χ0n) is 13.1. The van der Waals surface area contributed by atoms with Gasteiger partial charge in [-0.2, -0.15) is 13.2 Å². The van der Waals surface area contributed by atoms with Crippen molar-refractivity contribution < 1.29 is 27.9 Å². The van der Waals surface area contributed by atoms with Crippen LogP contribution in [0.15, 0.2) is 48.5 Å². The van der Waals surface area contributed by atoms with Crippen molar-refractivity contribution in [2.45, 2.75) is 18.1 Å². The standard InChI is InChI=1S/C18H14F3NO3/c1-22-15(10-6-8-11(9-7-10)18(19,20)21)14(17(24)25)12-4-2-3-5-13(12)16(22)23/h2-9,14-15H,1H3,(H,24,25)/t14-,15+/m0/s1. The van der Waals surface area contributed by atoms with Gasteiger partial charge in [0.25, 0.3) is 5.91 Å². The smallest absolute Gasteiger partial charge is 0.416 e. The molecule has 0 bridgehead atoms. The summed E-state index contributed by atoms with van der Waals surface area (Å²) in [6.45, 7) is 0. The molecule has 0 radical (unpaired) electrons. The first-order valence-electron chi connectivity index (χ1n) is 7.48. The molecule has 1 amide bonds. The summed E-state index contributed by atoms with van der Waals surface area (Å²) in [5, 5.41) is 9.69. The molecule has 0 saturated carbocycles. The average molecular weight is 349 g/mol. The van der Waals surface area contributed by atoms with Gasteiger partial charge in [-0.15, -0.1) is 0 Å². The molecule has 3 rings (SSSR count). The zero-order chi connectivity index (χ0) is 18.4. The van der Waals surface area contributed by atoms with Crippen LogP contribution in [0.25, 0.3) is 0 Å². The van der Waals surface area contributed by atoms with E-state index >= 15 is 0 Å².